The zero-order valence-electron chi connectivity index (χ0n) is 10.6. The van der Waals surface area contributed by atoms with Crippen LogP contribution in [0.4, 0.5) is 0 Å². The van der Waals surface area contributed by atoms with Gasteiger partial charge >= 0.3 is 0 Å². The van der Waals surface area contributed by atoms with Gasteiger partial charge in [0.1, 0.15) is 24.2 Å². The molecule has 0 aromatic heterocycles. The van der Waals surface area contributed by atoms with E-state index in [1.54, 1.807) is 13.2 Å². The Bertz CT molecular complexity index is 328. The van der Waals surface area contributed by atoms with Crippen LogP contribution in [0.1, 0.15) is 13.8 Å². The SMILES string of the molecule is COc1cccc(OC[C@@H](O)CNC(C)C)c1. The number of benzene rings is 1. The van der Waals surface area contributed by atoms with E-state index < -0.39 is 6.10 Å². The standard InChI is InChI=1S/C13H21NO3/c1-10(2)14-8-11(15)9-17-13-6-4-5-12(7-13)16-3/h4-7,10-11,14-15H,8-9H2,1-3H3/t11-/m0/s1. The average Bonchev–Trinajstić information content (AvgIpc) is 2.34. The van der Waals surface area contributed by atoms with E-state index in [1.165, 1.54) is 0 Å². The summed E-state index contributed by atoms with van der Waals surface area (Å²) < 4.78 is 10.6. The Kier molecular flexibility index (Phi) is 5.80. The van der Waals surface area contributed by atoms with Gasteiger partial charge in [-0.3, -0.25) is 0 Å². The molecule has 1 atom stereocenters. The van der Waals surface area contributed by atoms with E-state index >= 15 is 0 Å². The van der Waals surface area contributed by atoms with E-state index in [4.69, 9.17) is 9.47 Å². The molecule has 0 saturated carbocycles. The monoisotopic (exact) mass is 239 g/mol. The Morgan fingerprint density at radius 3 is 2.65 bits per heavy atom. The lowest BCUT2D eigenvalue weighted by molar-refractivity contribution is 0.104. The summed E-state index contributed by atoms with van der Waals surface area (Å²) in [5.74, 6) is 1.45. The summed E-state index contributed by atoms with van der Waals surface area (Å²) in [6.45, 7) is 4.87. The Morgan fingerprint density at radius 1 is 1.29 bits per heavy atom. The van der Waals surface area contributed by atoms with Crippen molar-refractivity contribution in [2.75, 3.05) is 20.3 Å². The number of ether oxygens (including phenoxy) is 2. The molecule has 0 spiro atoms. The Morgan fingerprint density at radius 2 is 2.00 bits per heavy atom. The summed E-state index contributed by atoms with van der Waals surface area (Å²) >= 11 is 0. The van der Waals surface area contributed by atoms with Gasteiger partial charge in [0.05, 0.1) is 7.11 Å². The molecule has 0 aliphatic carbocycles. The van der Waals surface area contributed by atoms with Gasteiger partial charge in [-0.05, 0) is 12.1 Å². The smallest absolute Gasteiger partial charge is 0.123 e. The topological polar surface area (TPSA) is 50.7 Å². The van der Waals surface area contributed by atoms with Crippen molar-refractivity contribution in [3.8, 4) is 11.5 Å². The fourth-order valence-electron chi connectivity index (χ4n) is 1.31. The molecular weight excluding hydrogens is 218 g/mol. The maximum atomic E-state index is 9.67. The van der Waals surface area contributed by atoms with Crippen LogP contribution in [0, 0.1) is 0 Å². The van der Waals surface area contributed by atoms with Crippen molar-refractivity contribution >= 4 is 0 Å². The molecule has 1 rings (SSSR count). The molecule has 0 saturated heterocycles. The summed E-state index contributed by atoms with van der Waals surface area (Å²) in [4.78, 5) is 0. The van der Waals surface area contributed by atoms with Crippen molar-refractivity contribution in [3.05, 3.63) is 24.3 Å². The molecule has 17 heavy (non-hydrogen) atoms. The second kappa shape index (κ2) is 7.14. The molecule has 4 heteroatoms. The molecule has 0 bridgehead atoms. The number of nitrogens with one attached hydrogen (secondary N) is 1. The van der Waals surface area contributed by atoms with Gasteiger partial charge in [-0.2, -0.15) is 0 Å². The van der Waals surface area contributed by atoms with Gasteiger partial charge in [0, 0.05) is 18.7 Å². The zero-order chi connectivity index (χ0) is 12.7. The second-order valence-electron chi connectivity index (χ2n) is 4.21. The molecule has 0 aliphatic rings. The van der Waals surface area contributed by atoms with Crippen LogP contribution in [-0.4, -0.2) is 37.5 Å². The molecule has 0 amide bonds. The van der Waals surface area contributed by atoms with Crippen LogP contribution in [0.25, 0.3) is 0 Å². The highest BCUT2D eigenvalue weighted by Crippen LogP contribution is 2.18. The number of methoxy groups -OCH3 is 1. The number of hydrogen-bond acceptors (Lipinski definition) is 4. The summed E-state index contributed by atoms with van der Waals surface area (Å²) in [7, 11) is 1.61. The lowest BCUT2D eigenvalue weighted by atomic mass is 10.3. The van der Waals surface area contributed by atoms with Gasteiger partial charge in [0.25, 0.3) is 0 Å². The van der Waals surface area contributed by atoms with Crippen LogP contribution in [-0.2, 0) is 0 Å². The van der Waals surface area contributed by atoms with Gasteiger partial charge in [0.2, 0.25) is 0 Å². The highest BCUT2D eigenvalue weighted by atomic mass is 16.5. The number of aliphatic hydroxyl groups is 1. The van der Waals surface area contributed by atoms with Crippen molar-refractivity contribution in [3.63, 3.8) is 0 Å². The summed E-state index contributed by atoms with van der Waals surface area (Å²) in [5.41, 5.74) is 0. The minimum absolute atomic E-state index is 0.271. The van der Waals surface area contributed by atoms with Crippen molar-refractivity contribution in [2.45, 2.75) is 26.0 Å². The number of aliphatic hydroxyl groups excluding tert-OH is 1. The van der Waals surface area contributed by atoms with Crippen molar-refractivity contribution < 1.29 is 14.6 Å². The van der Waals surface area contributed by atoms with Crippen LogP contribution in [0.5, 0.6) is 11.5 Å². The van der Waals surface area contributed by atoms with Gasteiger partial charge in [-0.25, -0.2) is 0 Å². The molecule has 0 heterocycles. The van der Waals surface area contributed by atoms with E-state index in [-0.39, 0.29) is 6.61 Å². The molecular formula is C13H21NO3. The van der Waals surface area contributed by atoms with Gasteiger partial charge in [0.15, 0.2) is 0 Å². The number of rotatable bonds is 7. The molecule has 0 fully saturated rings. The van der Waals surface area contributed by atoms with Gasteiger partial charge < -0.3 is 19.9 Å². The maximum absolute atomic E-state index is 9.67. The lowest BCUT2D eigenvalue weighted by Gasteiger charge is -2.15. The van der Waals surface area contributed by atoms with Crippen LogP contribution >= 0.6 is 0 Å². The first-order chi connectivity index (χ1) is 8.11. The summed E-state index contributed by atoms with van der Waals surface area (Å²) in [6.07, 6.45) is -0.511. The molecule has 2 N–H and O–H groups in total. The predicted molar refractivity (Wildman–Crippen MR) is 67.6 cm³/mol. The van der Waals surface area contributed by atoms with Gasteiger partial charge in [-0.1, -0.05) is 19.9 Å². The summed E-state index contributed by atoms with van der Waals surface area (Å²) in [5, 5.41) is 12.8. The molecule has 1 aromatic rings. The third-order valence-electron chi connectivity index (χ3n) is 2.25. The third kappa shape index (κ3) is 5.56. The fourth-order valence-corrected chi connectivity index (χ4v) is 1.31. The summed E-state index contributed by atoms with van der Waals surface area (Å²) in [6, 6.07) is 7.70. The largest absolute Gasteiger partial charge is 0.497 e. The minimum atomic E-state index is -0.511. The fraction of sp³-hybridized carbons (Fsp3) is 0.538. The quantitative estimate of drug-likeness (QED) is 0.756. The average molecular weight is 239 g/mol. The van der Waals surface area contributed by atoms with Crippen LogP contribution in [0.3, 0.4) is 0 Å². The van der Waals surface area contributed by atoms with Crippen molar-refractivity contribution in [1.82, 2.24) is 5.32 Å². The Balaban J connectivity index is 2.33. The highest BCUT2D eigenvalue weighted by Gasteiger charge is 2.06. The van der Waals surface area contributed by atoms with Crippen LogP contribution in [0.15, 0.2) is 24.3 Å². The normalized spacial score (nSPS) is 12.5. The molecule has 4 nitrogen and oxygen atoms in total. The lowest BCUT2D eigenvalue weighted by Crippen LogP contribution is -2.35. The van der Waals surface area contributed by atoms with Crippen LogP contribution in [0.2, 0.25) is 0 Å². The van der Waals surface area contributed by atoms with Crippen molar-refractivity contribution in [2.24, 2.45) is 0 Å². The molecule has 0 unspecified atom stereocenters. The molecule has 0 aliphatic heterocycles. The third-order valence-corrected chi connectivity index (χ3v) is 2.25. The van der Waals surface area contributed by atoms with Crippen LogP contribution < -0.4 is 14.8 Å². The first-order valence-corrected chi connectivity index (χ1v) is 5.80. The van der Waals surface area contributed by atoms with Gasteiger partial charge in [-0.15, -0.1) is 0 Å². The molecule has 96 valence electrons. The van der Waals surface area contributed by atoms with E-state index in [0.29, 0.717) is 18.3 Å². The highest BCUT2D eigenvalue weighted by molar-refractivity contribution is 5.32. The van der Waals surface area contributed by atoms with E-state index in [0.717, 1.165) is 5.75 Å². The van der Waals surface area contributed by atoms with E-state index in [2.05, 4.69) is 5.32 Å². The molecule has 0 radical (unpaired) electrons. The first-order valence-electron chi connectivity index (χ1n) is 5.80. The van der Waals surface area contributed by atoms with E-state index in [9.17, 15) is 5.11 Å². The second-order valence-corrected chi connectivity index (χ2v) is 4.21. The Hall–Kier alpha value is -1.26. The van der Waals surface area contributed by atoms with Crippen molar-refractivity contribution in [1.29, 1.82) is 0 Å². The number of hydrogen-bond donors (Lipinski definition) is 2. The first kappa shape index (κ1) is 13.8. The minimum Gasteiger partial charge on any atom is -0.497 e. The van der Waals surface area contributed by atoms with E-state index in [1.807, 2.05) is 32.0 Å². The predicted octanol–water partition coefficient (Wildman–Crippen LogP) is 1.43. The zero-order valence-corrected chi connectivity index (χ0v) is 10.6. The maximum Gasteiger partial charge on any atom is 0.123 e. The molecule has 1 aromatic carbocycles. The Labute approximate surface area is 103 Å².